The number of amides is 1. The van der Waals surface area contributed by atoms with E-state index in [1.165, 1.54) is 37.0 Å². The molecule has 0 aromatic carbocycles. The molecule has 1 fully saturated rings. The molecule has 28 heavy (non-hydrogen) atoms. The number of hydrogen-bond acceptors (Lipinski definition) is 5. The van der Waals surface area contributed by atoms with Crippen LogP contribution in [0.5, 0.6) is 0 Å². The Bertz CT molecular complexity index is 694. The molecule has 0 aliphatic heterocycles. The summed E-state index contributed by atoms with van der Waals surface area (Å²) in [7, 11) is 0. The molecule has 1 aromatic rings. The minimum Gasteiger partial charge on any atom is -0.462 e. The molecule has 2 aliphatic rings. The molecule has 1 saturated carbocycles. The van der Waals surface area contributed by atoms with E-state index in [1.54, 1.807) is 11.3 Å². The molecule has 1 amide bonds. The fraction of sp³-hybridized carbons (Fsp3) is 0.727. The Morgan fingerprint density at radius 3 is 2.61 bits per heavy atom. The van der Waals surface area contributed by atoms with Crippen LogP contribution >= 0.6 is 11.3 Å². The second-order valence-corrected chi connectivity index (χ2v) is 9.28. The van der Waals surface area contributed by atoms with Gasteiger partial charge in [-0.15, -0.1) is 11.3 Å². The SMILES string of the molecule is CCOC(=O)c1c(NC(=O)CN(CC)C2CCCCC2)sc2c1CC[C@@H](C)C2. The molecule has 1 N–H and O–H groups in total. The summed E-state index contributed by atoms with van der Waals surface area (Å²) in [6.07, 6.45) is 9.13. The first-order valence-electron chi connectivity index (χ1n) is 10.9. The number of rotatable bonds is 7. The summed E-state index contributed by atoms with van der Waals surface area (Å²) < 4.78 is 5.30. The summed E-state index contributed by atoms with van der Waals surface area (Å²) in [5, 5.41) is 3.75. The van der Waals surface area contributed by atoms with Crippen LogP contribution in [-0.4, -0.2) is 42.5 Å². The number of fused-ring (bicyclic) bond motifs is 1. The van der Waals surface area contributed by atoms with Gasteiger partial charge in [-0.2, -0.15) is 0 Å². The predicted octanol–water partition coefficient (Wildman–Crippen LogP) is 4.64. The van der Waals surface area contributed by atoms with Crippen molar-refractivity contribution in [3.8, 4) is 0 Å². The lowest BCUT2D eigenvalue weighted by Gasteiger charge is -2.32. The molecule has 156 valence electrons. The molecule has 1 atom stereocenters. The molecule has 1 aromatic heterocycles. The normalized spacial score (nSPS) is 20.1. The lowest BCUT2D eigenvalue weighted by atomic mass is 9.88. The van der Waals surface area contributed by atoms with E-state index in [9.17, 15) is 9.59 Å². The first-order chi connectivity index (χ1) is 13.5. The second-order valence-electron chi connectivity index (χ2n) is 8.18. The number of nitrogens with one attached hydrogen (secondary N) is 1. The standard InChI is InChI=1S/C22H34N2O3S/c1-4-24(16-9-7-6-8-10-16)14-19(25)23-21-20(22(26)27-5-2)17-12-11-15(3)13-18(17)28-21/h15-16H,4-14H2,1-3H3,(H,23,25)/t15-/m1/s1. The number of ether oxygens (including phenoxy) is 1. The van der Waals surface area contributed by atoms with Crippen molar-refractivity contribution in [1.82, 2.24) is 4.90 Å². The van der Waals surface area contributed by atoms with Gasteiger partial charge in [0.05, 0.1) is 18.7 Å². The first-order valence-corrected chi connectivity index (χ1v) is 11.7. The van der Waals surface area contributed by atoms with Crippen LogP contribution in [0.4, 0.5) is 5.00 Å². The van der Waals surface area contributed by atoms with Gasteiger partial charge < -0.3 is 10.1 Å². The maximum Gasteiger partial charge on any atom is 0.341 e. The van der Waals surface area contributed by atoms with Crippen LogP contribution in [0, 0.1) is 5.92 Å². The molecule has 2 aliphatic carbocycles. The van der Waals surface area contributed by atoms with Gasteiger partial charge in [0.25, 0.3) is 0 Å². The van der Waals surface area contributed by atoms with Crippen LogP contribution in [-0.2, 0) is 22.4 Å². The molecule has 0 radical (unpaired) electrons. The number of thiophene rings is 1. The monoisotopic (exact) mass is 406 g/mol. The summed E-state index contributed by atoms with van der Waals surface area (Å²) in [6, 6.07) is 0.506. The zero-order valence-electron chi connectivity index (χ0n) is 17.5. The number of anilines is 1. The van der Waals surface area contributed by atoms with Gasteiger partial charge in [-0.05, 0) is 57.1 Å². The van der Waals surface area contributed by atoms with E-state index >= 15 is 0 Å². The Labute approximate surface area is 172 Å². The lowest BCUT2D eigenvalue weighted by Crippen LogP contribution is -2.41. The van der Waals surface area contributed by atoms with Crippen molar-refractivity contribution < 1.29 is 14.3 Å². The summed E-state index contributed by atoms with van der Waals surface area (Å²) in [5.74, 6) is 0.292. The summed E-state index contributed by atoms with van der Waals surface area (Å²) in [5.41, 5.74) is 1.69. The number of carbonyl (C=O) groups excluding carboxylic acids is 2. The molecule has 5 nitrogen and oxygen atoms in total. The molecule has 0 unspecified atom stereocenters. The first kappa shape index (κ1) is 21.3. The van der Waals surface area contributed by atoms with E-state index in [0.29, 0.717) is 35.7 Å². The topological polar surface area (TPSA) is 58.6 Å². The van der Waals surface area contributed by atoms with Crippen molar-refractivity contribution in [2.24, 2.45) is 5.92 Å². The lowest BCUT2D eigenvalue weighted by molar-refractivity contribution is -0.118. The van der Waals surface area contributed by atoms with E-state index in [-0.39, 0.29) is 11.9 Å². The van der Waals surface area contributed by atoms with Gasteiger partial charge >= 0.3 is 5.97 Å². The zero-order valence-corrected chi connectivity index (χ0v) is 18.3. The van der Waals surface area contributed by atoms with Crippen molar-refractivity contribution in [3.05, 3.63) is 16.0 Å². The van der Waals surface area contributed by atoms with Crippen molar-refractivity contribution in [2.75, 3.05) is 25.0 Å². The maximum absolute atomic E-state index is 12.8. The number of carbonyl (C=O) groups is 2. The van der Waals surface area contributed by atoms with E-state index < -0.39 is 0 Å². The van der Waals surface area contributed by atoms with Crippen molar-refractivity contribution in [1.29, 1.82) is 0 Å². The third-order valence-electron chi connectivity index (χ3n) is 6.09. The second kappa shape index (κ2) is 9.88. The Balaban J connectivity index is 1.74. The third kappa shape index (κ3) is 4.95. The van der Waals surface area contributed by atoms with Crippen LogP contribution in [0.1, 0.15) is 80.1 Å². The predicted molar refractivity (Wildman–Crippen MR) is 114 cm³/mol. The van der Waals surface area contributed by atoms with E-state index in [0.717, 1.165) is 31.4 Å². The number of nitrogens with zero attached hydrogens (tertiary/aromatic N) is 1. The van der Waals surface area contributed by atoms with Crippen LogP contribution in [0.2, 0.25) is 0 Å². The molecule has 0 saturated heterocycles. The van der Waals surface area contributed by atoms with Crippen molar-refractivity contribution in [3.63, 3.8) is 0 Å². The van der Waals surface area contributed by atoms with Gasteiger partial charge in [0, 0.05) is 10.9 Å². The van der Waals surface area contributed by atoms with Gasteiger partial charge in [0.1, 0.15) is 5.00 Å². The maximum atomic E-state index is 12.8. The molecule has 0 spiro atoms. The summed E-state index contributed by atoms with van der Waals surface area (Å²) in [6.45, 7) is 7.80. The molecular formula is C22H34N2O3S. The Morgan fingerprint density at radius 1 is 1.18 bits per heavy atom. The van der Waals surface area contributed by atoms with Crippen LogP contribution in [0.15, 0.2) is 0 Å². The van der Waals surface area contributed by atoms with E-state index in [4.69, 9.17) is 4.74 Å². The van der Waals surface area contributed by atoms with Crippen molar-refractivity contribution in [2.45, 2.75) is 78.2 Å². The molecule has 0 bridgehead atoms. The quantitative estimate of drug-likeness (QED) is 0.670. The van der Waals surface area contributed by atoms with Gasteiger partial charge in [-0.25, -0.2) is 4.79 Å². The average molecular weight is 407 g/mol. The largest absolute Gasteiger partial charge is 0.462 e. The minimum absolute atomic E-state index is 0.0235. The van der Waals surface area contributed by atoms with Gasteiger partial charge in [0.15, 0.2) is 0 Å². The van der Waals surface area contributed by atoms with E-state index in [1.807, 2.05) is 6.92 Å². The van der Waals surface area contributed by atoms with Gasteiger partial charge in [-0.3, -0.25) is 9.69 Å². The fourth-order valence-corrected chi connectivity index (χ4v) is 5.97. The highest BCUT2D eigenvalue weighted by atomic mass is 32.1. The van der Waals surface area contributed by atoms with Crippen LogP contribution in [0.25, 0.3) is 0 Å². The van der Waals surface area contributed by atoms with Crippen LogP contribution in [0.3, 0.4) is 0 Å². The average Bonchev–Trinajstić information content (AvgIpc) is 3.03. The molecular weight excluding hydrogens is 372 g/mol. The van der Waals surface area contributed by atoms with Crippen molar-refractivity contribution >= 4 is 28.2 Å². The molecule has 3 rings (SSSR count). The number of hydrogen-bond donors (Lipinski definition) is 1. The summed E-state index contributed by atoms with van der Waals surface area (Å²) in [4.78, 5) is 29.0. The Morgan fingerprint density at radius 2 is 1.93 bits per heavy atom. The fourth-order valence-electron chi connectivity index (χ4n) is 4.55. The Kier molecular flexibility index (Phi) is 7.52. The molecule has 1 heterocycles. The third-order valence-corrected chi connectivity index (χ3v) is 7.26. The van der Waals surface area contributed by atoms with E-state index in [2.05, 4.69) is 24.1 Å². The summed E-state index contributed by atoms with van der Waals surface area (Å²) >= 11 is 1.57. The van der Waals surface area contributed by atoms with Gasteiger partial charge in [-0.1, -0.05) is 33.1 Å². The minimum atomic E-state index is -0.301. The molecule has 6 heteroatoms. The smallest absolute Gasteiger partial charge is 0.341 e. The highest BCUT2D eigenvalue weighted by Gasteiger charge is 2.30. The zero-order chi connectivity index (χ0) is 20.1. The van der Waals surface area contributed by atoms with Crippen LogP contribution < -0.4 is 5.32 Å². The number of likely N-dealkylation sites (N-methyl/N-ethyl adjacent to an activating group) is 1. The van der Waals surface area contributed by atoms with Gasteiger partial charge in [0.2, 0.25) is 5.91 Å². The highest BCUT2D eigenvalue weighted by molar-refractivity contribution is 7.17. The number of esters is 1. The Hall–Kier alpha value is -1.40. The highest BCUT2D eigenvalue weighted by Crippen LogP contribution is 2.40.